The van der Waals surface area contributed by atoms with E-state index in [4.69, 9.17) is 4.74 Å². The number of hydrogen-bond donors (Lipinski definition) is 0. The van der Waals surface area contributed by atoms with Gasteiger partial charge in [-0.25, -0.2) is 0 Å². The Morgan fingerprint density at radius 3 is 2.24 bits per heavy atom. The molecule has 1 aromatic rings. The summed E-state index contributed by atoms with van der Waals surface area (Å²) < 4.78 is 5.25. The van der Waals surface area contributed by atoms with Crippen LogP contribution >= 0.6 is 11.8 Å². The highest BCUT2D eigenvalue weighted by atomic mass is 32.2. The number of morpholine rings is 1. The molecule has 4 nitrogen and oxygen atoms in total. The van der Waals surface area contributed by atoms with Crippen molar-refractivity contribution in [2.75, 3.05) is 32.6 Å². The lowest BCUT2D eigenvalue weighted by Crippen LogP contribution is -2.49. The number of carbonyl (C=O) groups excluding carboxylic acids is 2. The Labute approximate surface area is 129 Å². The zero-order chi connectivity index (χ0) is 15.5. The van der Waals surface area contributed by atoms with E-state index in [1.165, 1.54) is 0 Å². The molecule has 0 aliphatic carbocycles. The van der Waals surface area contributed by atoms with E-state index < -0.39 is 5.41 Å². The first-order valence-corrected chi connectivity index (χ1v) is 8.25. The van der Waals surface area contributed by atoms with Gasteiger partial charge in [0.1, 0.15) is 5.41 Å². The highest BCUT2D eigenvalue weighted by molar-refractivity contribution is 7.98. The van der Waals surface area contributed by atoms with Crippen LogP contribution in [0.25, 0.3) is 0 Å². The molecule has 1 saturated heterocycles. The summed E-state index contributed by atoms with van der Waals surface area (Å²) in [6, 6.07) is 7.41. The van der Waals surface area contributed by atoms with Crippen LogP contribution in [0.4, 0.5) is 0 Å². The summed E-state index contributed by atoms with van der Waals surface area (Å²) in [6.07, 6.45) is 1.99. The van der Waals surface area contributed by atoms with Crippen LogP contribution < -0.4 is 0 Å². The number of carbonyl (C=O) groups is 2. The van der Waals surface area contributed by atoms with E-state index >= 15 is 0 Å². The van der Waals surface area contributed by atoms with Crippen LogP contribution in [0.15, 0.2) is 29.2 Å². The molecule has 114 valence electrons. The number of ether oxygens (including phenoxy) is 1. The Kier molecular flexibility index (Phi) is 5.06. The molecule has 2 rings (SSSR count). The molecule has 0 N–H and O–H groups in total. The van der Waals surface area contributed by atoms with Gasteiger partial charge in [-0.15, -0.1) is 11.8 Å². The summed E-state index contributed by atoms with van der Waals surface area (Å²) in [6.45, 7) is 5.60. The number of thioether (sulfide) groups is 1. The van der Waals surface area contributed by atoms with E-state index in [1.54, 1.807) is 42.6 Å². The van der Waals surface area contributed by atoms with Crippen molar-refractivity contribution < 1.29 is 14.3 Å². The van der Waals surface area contributed by atoms with Crippen LogP contribution in [0, 0.1) is 5.41 Å². The van der Waals surface area contributed by atoms with Gasteiger partial charge in [0, 0.05) is 23.5 Å². The van der Waals surface area contributed by atoms with Crippen LogP contribution in [0.3, 0.4) is 0 Å². The minimum absolute atomic E-state index is 0.121. The predicted octanol–water partition coefficient (Wildman–Crippen LogP) is 2.48. The van der Waals surface area contributed by atoms with E-state index in [2.05, 4.69) is 0 Å². The van der Waals surface area contributed by atoms with Gasteiger partial charge < -0.3 is 9.64 Å². The second kappa shape index (κ2) is 6.62. The number of ketones is 1. The molecule has 1 aliphatic heterocycles. The zero-order valence-electron chi connectivity index (χ0n) is 12.7. The third kappa shape index (κ3) is 3.47. The average molecular weight is 307 g/mol. The third-order valence-electron chi connectivity index (χ3n) is 3.75. The number of amides is 1. The highest BCUT2D eigenvalue weighted by Crippen LogP contribution is 2.26. The molecule has 1 aromatic carbocycles. The minimum atomic E-state index is -1.04. The molecule has 21 heavy (non-hydrogen) atoms. The molecule has 0 spiro atoms. The van der Waals surface area contributed by atoms with E-state index in [1.807, 2.05) is 18.4 Å². The second-order valence-electron chi connectivity index (χ2n) is 5.59. The highest BCUT2D eigenvalue weighted by Gasteiger charge is 2.39. The van der Waals surface area contributed by atoms with Crippen molar-refractivity contribution in [2.24, 2.45) is 5.41 Å². The van der Waals surface area contributed by atoms with Crippen molar-refractivity contribution in [3.8, 4) is 0 Å². The largest absolute Gasteiger partial charge is 0.378 e. The lowest BCUT2D eigenvalue weighted by molar-refractivity contribution is -0.142. The van der Waals surface area contributed by atoms with E-state index in [0.717, 1.165) is 4.90 Å². The fourth-order valence-electron chi connectivity index (χ4n) is 2.36. The average Bonchev–Trinajstić information content (AvgIpc) is 2.54. The lowest BCUT2D eigenvalue weighted by Gasteiger charge is -2.33. The Morgan fingerprint density at radius 1 is 1.14 bits per heavy atom. The number of rotatable bonds is 4. The van der Waals surface area contributed by atoms with Crippen LogP contribution in [-0.4, -0.2) is 49.1 Å². The molecule has 5 heteroatoms. The molecule has 1 fully saturated rings. The van der Waals surface area contributed by atoms with Crippen molar-refractivity contribution >= 4 is 23.5 Å². The van der Waals surface area contributed by atoms with Gasteiger partial charge >= 0.3 is 0 Å². The molecule has 0 aromatic heterocycles. The van der Waals surface area contributed by atoms with Gasteiger partial charge in [-0.3, -0.25) is 9.59 Å². The third-order valence-corrected chi connectivity index (χ3v) is 4.50. The number of nitrogens with zero attached hydrogens (tertiary/aromatic N) is 1. The number of Topliss-reactive ketones (excluding diaryl/α,β-unsaturated/α-hetero) is 1. The monoisotopic (exact) mass is 307 g/mol. The Morgan fingerprint density at radius 2 is 1.71 bits per heavy atom. The smallest absolute Gasteiger partial charge is 0.236 e. The van der Waals surface area contributed by atoms with Crippen molar-refractivity contribution in [1.29, 1.82) is 0 Å². The Hall–Kier alpha value is -1.33. The van der Waals surface area contributed by atoms with Gasteiger partial charge in [0.05, 0.1) is 13.2 Å². The maximum Gasteiger partial charge on any atom is 0.236 e. The molecular formula is C16H21NO3S. The quantitative estimate of drug-likeness (QED) is 0.487. The Bertz CT molecular complexity index is 519. The summed E-state index contributed by atoms with van der Waals surface area (Å²) in [4.78, 5) is 28.1. The molecule has 1 heterocycles. The molecule has 0 unspecified atom stereocenters. The summed E-state index contributed by atoms with van der Waals surface area (Å²) in [5.74, 6) is -0.253. The first-order chi connectivity index (χ1) is 9.96. The first kappa shape index (κ1) is 16.0. The van der Waals surface area contributed by atoms with Gasteiger partial charge in [0.2, 0.25) is 5.91 Å². The fraction of sp³-hybridized carbons (Fsp3) is 0.500. The second-order valence-corrected chi connectivity index (χ2v) is 6.47. The summed E-state index contributed by atoms with van der Waals surface area (Å²) >= 11 is 1.63. The van der Waals surface area contributed by atoms with E-state index in [-0.39, 0.29) is 11.7 Å². The van der Waals surface area contributed by atoms with Crippen molar-refractivity contribution in [1.82, 2.24) is 4.90 Å². The summed E-state index contributed by atoms with van der Waals surface area (Å²) in [5, 5.41) is 0. The van der Waals surface area contributed by atoms with Gasteiger partial charge in [0.25, 0.3) is 0 Å². The van der Waals surface area contributed by atoms with Gasteiger partial charge in [-0.05, 0) is 32.2 Å². The van der Waals surface area contributed by atoms with Crippen LogP contribution in [0.5, 0.6) is 0 Å². The first-order valence-electron chi connectivity index (χ1n) is 7.03. The zero-order valence-corrected chi connectivity index (χ0v) is 13.5. The van der Waals surface area contributed by atoms with Crippen LogP contribution in [-0.2, 0) is 9.53 Å². The topological polar surface area (TPSA) is 46.6 Å². The van der Waals surface area contributed by atoms with Gasteiger partial charge in [-0.2, -0.15) is 0 Å². The van der Waals surface area contributed by atoms with E-state index in [9.17, 15) is 9.59 Å². The molecule has 1 amide bonds. The standard InChI is InChI=1S/C16H21NO3S/c1-16(2,15(19)17-8-10-20-11-9-17)14(18)12-4-6-13(21-3)7-5-12/h4-7H,8-11H2,1-3H3. The normalized spacial score (nSPS) is 15.9. The Balaban J connectivity index is 2.16. The summed E-state index contributed by atoms with van der Waals surface area (Å²) in [7, 11) is 0. The van der Waals surface area contributed by atoms with Crippen molar-refractivity contribution in [2.45, 2.75) is 18.7 Å². The lowest BCUT2D eigenvalue weighted by atomic mass is 9.82. The number of benzene rings is 1. The SMILES string of the molecule is CSc1ccc(C(=O)C(C)(C)C(=O)N2CCOCC2)cc1. The molecule has 0 saturated carbocycles. The molecule has 0 bridgehead atoms. The molecular weight excluding hydrogens is 286 g/mol. The fourth-order valence-corrected chi connectivity index (χ4v) is 2.77. The van der Waals surface area contributed by atoms with Crippen LogP contribution in [0.1, 0.15) is 24.2 Å². The molecule has 0 radical (unpaired) electrons. The molecule has 0 atom stereocenters. The minimum Gasteiger partial charge on any atom is -0.378 e. The van der Waals surface area contributed by atoms with Crippen LogP contribution in [0.2, 0.25) is 0 Å². The van der Waals surface area contributed by atoms with Gasteiger partial charge in [-0.1, -0.05) is 12.1 Å². The van der Waals surface area contributed by atoms with Crippen molar-refractivity contribution in [3.63, 3.8) is 0 Å². The van der Waals surface area contributed by atoms with Crippen molar-refractivity contribution in [3.05, 3.63) is 29.8 Å². The number of hydrogen-bond acceptors (Lipinski definition) is 4. The molecule has 1 aliphatic rings. The predicted molar refractivity (Wildman–Crippen MR) is 83.7 cm³/mol. The maximum absolute atomic E-state index is 12.7. The van der Waals surface area contributed by atoms with Gasteiger partial charge in [0.15, 0.2) is 5.78 Å². The maximum atomic E-state index is 12.7. The van der Waals surface area contributed by atoms with E-state index in [0.29, 0.717) is 31.9 Å². The summed E-state index contributed by atoms with van der Waals surface area (Å²) in [5.41, 5.74) is -0.461.